The average Bonchev–Trinajstić information content (AvgIpc) is 2.49. The van der Waals surface area contributed by atoms with E-state index in [0.29, 0.717) is 29.5 Å². The minimum Gasteiger partial charge on any atom is -0.493 e. The predicted molar refractivity (Wildman–Crippen MR) is 86.8 cm³/mol. The van der Waals surface area contributed by atoms with E-state index in [2.05, 4.69) is 19.2 Å². The lowest BCUT2D eigenvalue weighted by Gasteiger charge is -2.16. The SMILES string of the molecule is COc1cc(C(C)=O)ccc1OC[C@H](O)CNCCC(C)C. The molecule has 0 aliphatic rings. The third-order valence-electron chi connectivity index (χ3n) is 3.28. The topological polar surface area (TPSA) is 67.8 Å². The summed E-state index contributed by atoms with van der Waals surface area (Å²) in [6.07, 6.45) is 0.484. The van der Waals surface area contributed by atoms with Crippen LogP contribution in [0.3, 0.4) is 0 Å². The van der Waals surface area contributed by atoms with Gasteiger partial charge in [-0.25, -0.2) is 0 Å². The monoisotopic (exact) mass is 309 g/mol. The van der Waals surface area contributed by atoms with E-state index in [4.69, 9.17) is 9.47 Å². The zero-order chi connectivity index (χ0) is 16.5. The summed E-state index contributed by atoms with van der Waals surface area (Å²) >= 11 is 0. The quantitative estimate of drug-likeness (QED) is 0.512. The number of rotatable bonds is 10. The molecule has 124 valence electrons. The number of Topliss-reactive ketones (excluding diaryl/α,β-unsaturated/α-hetero) is 1. The molecule has 1 aromatic rings. The molecule has 5 heteroatoms. The maximum Gasteiger partial charge on any atom is 0.161 e. The Morgan fingerprint density at radius 3 is 2.64 bits per heavy atom. The van der Waals surface area contributed by atoms with E-state index in [-0.39, 0.29) is 12.4 Å². The first-order valence-corrected chi connectivity index (χ1v) is 7.64. The van der Waals surface area contributed by atoms with Gasteiger partial charge in [-0.15, -0.1) is 0 Å². The van der Waals surface area contributed by atoms with E-state index in [9.17, 15) is 9.90 Å². The molecule has 0 radical (unpaired) electrons. The molecule has 0 fully saturated rings. The lowest BCUT2D eigenvalue weighted by atomic mass is 10.1. The molecule has 0 unspecified atom stereocenters. The van der Waals surface area contributed by atoms with E-state index in [1.54, 1.807) is 18.2 Å². The standard InChI is InChI=1S/C17H27NO4/c1-12(2)7-8-18-10-15(20)11-22-16-6-5-14(13(3)19)9-17(16)21-4/h5-6,9,12,15,18,20H,7-8,10-11H2,1-4H3/t15-/m1/s1. The van der Waals surface area contributed by atoms with Gasteiger partial charge in [0.15, 0.2) is 17.3 Å². The zero-order valence-electron chi connectivity index (χ0n) is 13.9. The van der Waals surface area contributed by atoms with Crippen molar-refractivity contribution in [1.82, 2.24) is 5.32 Å². The lowest BCUT2D eigenvalue weighted by molar-refractivity contribution is 0.101. The molecule has 0 aliphatic heterocycles. The number of carbonyl (C=O) groups is 1. The summed E-state index contributed by atoms with van der Waals surface area (Å²) < 4.78 is 10.8. The Labute approximate surface area is 132 Å². The van der Waals surface area contributed by atoms with E-state index >= 15 is 0 Å². The minimum atomic E-state index is -0.593. The van der Waals surface area contributed by atoms with Crippen molar-refractivity contribution in [3.63, 3.8) is 0 Å². The molecule has 2 N–H and O–H groups in total. The highest BCUT2D eigenvalue weighted by atomic mass is 16.5. The van der Waals surface area contributed by atoms with Crippen LogP contribution in [-0.2, 0) is 0 Å². The molecular formula is C17H27NO4. The Morgan fingerprint density at radius 1 is 1.32 bits per heavy atom. The molecule has 0 bridgehead atoms. The van der Waals surface area contributed by atoms with Crippen molar-refractivity contribution in [3.8, 4) is 11.5 Å². The van der Waals surface area contributed by atoms with Crippen LogP contribution in [0.2, 0.25) is 0 Å². The van der Waals surface area contributed by atoms with Gasteiger partial charge in [0.25, 0.3) is 0 Å². The predicted octanol–water partition coefficient (Wildman–Crippen LogP) is 2.27. The molecule has 0 spiro atoms. The fourth-order valence-corrected chi connectivity index (χ4v) is 1.91. The summed E-state index contributed by atoms with van der Waals surface area (Å²) in [7, 11) is 1.52. The van der Waals surface area contributed by atoms with Crippen LogP contribution in [0.1, 0.15) is 37.6 Å². The summed E-state index contributed by atoms with van der Waals surface area (Å²) in [5.41, 5.74) is 0.570. The van der Waals surface area contributed by atoms with Gasteiger partial charge in [-0.2, -0.15) is 0 Å². The molecule has 1 rings (SSSR count). The molecule has 1 aromatic carbocycles. The van der Waals surface area contributed by atoms with Gasteiger partial charge >= 0.3 is 0 Å². The van der Waals surface area contributed by atoms with Gasteiger partial charge in [-0.3, -0.25) is 4.79 Å². The van der Waals surface area contributed by atoms with Gasteiger partial charge in [0, 0.05) is 12.1 Å². The van der Waals surface area contributed by atoms with Gasteiger partial charge in [0.05, 0.1) is 7.11 Å². The largest absolute Gasteiger partial charge is 0.493 e. The van der Waals surface area contributed by atoms with Crippen LogP contribution in [-0.4, -0.2) is 43.8 Å². The van der Waals surface area contributed by atoms with Crippen molar-refractivity contribution in [2.45, 2.75) is 33.3 Å². The number of nitrogens with one attached hydrogen (secondary N) is 1. The fraction of sp³-hybridized carbons (Fsp3) is 0.588. The highest BCUT2D eigenvalue weighted by Gasteiger charge is 2.11. The smallest absolute Gasteiger partial charge is 0.161 e. The highest BCUT2D eigenvalue weighted by molar-refractivity contribution is 5.94. The first-order valence-electron chi connectivity index (χ1n) is 7.64. The molecule has 5 nitrogen and oxygen atoms in total. The second kappa shape index (κ2) is 9.43. The van der Waals surface area contributed by atoms with Gasteiger partial charge in [0.2, 0.25) is 0 Å². The first-order chi connectivity index (χ1) is 10.4. The number of carbonyl (C=O) groups excluding carboxylic acids is 1. The Kier molecular flexibility index (Phi) is 7.91. The summed E-state index contributed by atoms with van der Waals surface area (Å²) in [4.78, 5) is 11.3. The van der Waals surface area contributed by atoms with Crippen molar-refractivity contribution in [3.05, 3.63) is 23.8 Å². The van der Waals surface area contributed by atoms with E-state index in [0.717, 1.165) is 13.0 Å². The second-order valence-electron chi connectivity index (χ2n) is 5.77. The molecular weight excluding hydrogens is 282 g/mol. The Balaban J connectivity index is 2.45. The third kappa shape index (κ3) is 6.45. The third-order valence-corrected chi connectivity index (χ3v) is 3.28. The normalized spacial score (nSPS) is 12.3. The zero-order valence-corrected chi connectivity index (χ0v) is 13.9. The number of ketones is 1. The van der Waals surface area contributed by atoms with Crippen LogP contribution in [0, 0.1) is 5.92 Å². The van der Waals surface area contributed by atoms with Gasteiger partial charge < -0.3 is 19.9 Å². The maximum atomic E-state index is 11.3. The molecule has 0 saturated carbocycles. The summed E-state index contributed by atoms with van der Waals surface area (Å²) in [6, 6.07) is 5.02. The van der Waals surface area contributed by atoms with Crippen molar-refractivity contribution < 1.29 is 19.4 Å². The van der Waals surface area contributed by atoms with Gasteiger partial charge in [-0.1, -0.05) is 13.8 Å². The molecule has 0 heterocycles. The van der Waals surface area contributed by atoms with Gasteiger partial charge in [-0.05, 0) is 44.0 Å². The number of methoxy groups -OCH3 is 1. The second-order valence-corrected chi connectivity index (χ2v) is 5.77. The number of ether oxygens (including phenoxy) is 2. The Hall–Kier alpha value is -1.59. The van der Waals surface area contributed by atoms with Crippen molar-refractivity contribution in [2.75, 3.05) is 26.8 Å². The van der Waals surface area contributed by atoms with Crippen LogP contribution in [0.25, 0.3) is 0 Å². The molecule has 0 saturated heterocycles. The van der Waals surface area contributed by atoms with Crippen LogP contribution < -0.4 is 14.8 Å². The fourth-order valence-electron chi connectivity index (χ4n) is 1.91. The van der Waals surface area contributed by atoms with Gasteiger partial charge in [0.1, 0.15) is 12.7 Å². The molecule has 0 aliphatic carbocycles. The highest BCUT2D eigenvalue weighted by Crippen LogP contribution is 2.28. The van der Waals surface area contributed by atoms with Crippen LogP contribution in [0.5, 0.6) is 11.5 Å². The maximum absolute atomic E-state index is 11.3. The van der Waals surface area contributed by atoms with Crippen LogP contribution >= 0.6 is 0 Å². The molecule has 0 aromatic heterocycles. The van der Waals surface area contributed by atoms with Crippen LogP contribution in [0.15, 0.2) is 18.2 Å². The lowest BCUT2D eigenvalue weighted by Crippen LogP contribution is -2.32. The average molecular weight is 309 g/mol. The summed E-state index contributed by atoms with van der Waals surface area (Å²) in [5, 5.41) is 13.1. The molecule has 0 amide bonds. The number of hydrogen-bond acceptors (Lipinski definition) is 5. The van der Waals surface area contributed by atoms with Crippen molar-refractivity contribution >= 4 is 5.78 Å². The molecule has 22 heavy (non-hydrogen) atoms. The summed E-state index contributed by atoms with van der Waals surface area (Å²) in [6.45, 7) is 7.37. The van der Waals surface area contributed by atoms with E-state index in [1.165, 1.54) is 14.0 Å². The minimum absolute atomic E-state index is 0.0285. The first kappa shape index (κ1) is 18.5. The van der Waals surface area contributed by atoms with E-state index in [1.807, 2.05) is 0 Å². The Morgan fingerprint density at radius 2 is 2.05 bits per heavy atom. The number of benzene rings is 1. The number of hydrogen-bond donors (Lipinski definition) is 2. The summed E-state index contributed by atoms with van der Waals surface area (Å²) in [5.74, 6) is 1.63. The Bertz CT molecular complexity index is 474. The van der Waals surface area contributed by atoms with Crippen LogP contribution in [0.4, 0.5) is 0 Å². The number of aliphatic hydroxyl groups excluding tert-OH is 1. The number of aliphatic hydroxyl groups is 1. The molecule has 1 atom stereocenters. The van der Waals surface area contributed by atoms with Crippen molar-refractivity contribution in [1.29, 1.82) is 0 Å². The van der Waals surface area contributed by atoms with Crippen molar-refractivity contribution in [2.24, 2.45) is 5.92 Å². The van der Waals surface area contributed by atoms with E-state index < -0.39 is 6.10 Å².